The third-order valence-corrected chi connectivity index (χ3v) is 2.88. The Balaban J connectivity index is 2.33. The predicted molar refractivity (Wildman–Crippen MR) is 61.1 cm³/mol. The summed E-state index contributed by atoms with van der Waals surface area (Å²) in [5, 5.41) is 10.1. The van der Waals surface area contributed by atoms with Gasteiger partial charge in [-0.05, 0) is 33.1 Å². The van der Waals surface area contributed by atoms with Gasteiger partial charge in [0.25, 0.3) is 0 Å². The normalized spacial score (nSPS) is 17.5. The Morgan fingerprint density at radius 3 is 2.81 bits per heavy atom. The maximum atomic E-state index is 11.6. The summed E-state index contributed by atoms with van der Waals surface area (Å²) in [4.78, 5) is 13.4. The molecule has 0 bridgehead atoms. The third-order valence-electron chi connectivity index (χ3n) is 2.88. The van der Waals surface area contributed by atoms with Crippen LogP contribution in [0.2, 0.25) is 0 Å². The molecule has 0 atom stereocenters. The zero-order valence-corrected chi connectivity index (χ0v) is 10.1. The first-order valence-electron chi connectivity index (χ1n) is 5.69. The maximum Gasteiger partial charge on any atom is 0.334 e. The summed E-state index contributed by atoms with van der Waals surface area (Å²) in [6.45, 7) is 5.94. The number of carbonyl (C=O) groups is 1. The smallest absolute Gasteiger partial charge is 0.323 e. The van der Waals surface area contributed by atoms with Gasteiger partial charge in [0.05, 0.1) is 11.5 Å². The van der Waals surface area contributed by atoms with Crippen LogP contribution < -0.4 is 5.84 Å². The van der Waals surface area contributed by atoms with Crippen molar-refractivity contribution in [1.29, 1.82) is 5.26 Å². The molecule has 1 rings (SSSR count). The van der Waals surface area contributed by atoms with Gasteiger partial charge in [-0.3, -0.25) is 5.01 Å². The summed E-state index contributed by atoms with van der Waals surface area (Å²) in [6.07, 6.45) is 2.57. The number of hydrogen-bond donors (Lipinski definition) is 1. The Kier molecular flexibility index (Phi) is 4.13. The van der Waals surface area contributed by atoms with Crippen LogP contribution in [0.3, 0.4) is 0 Å². The highest BCUT2D eigenvalue weighted by atomic mass is 16.2. The standard InChI is InChI=1S/C11H20N4O/c1-11(2,9-12)5-3-6-14-7-4-8-15(13)10(14)16/h3-8,13H2,1-2H3. The average Bonchev–Trinajstić information content (AvgIpc) is 2.24. The molecular formula is C11H20N4O. The van der Waals surface area contributed by atoms with Gasteiger partial charge in [-0.2, -0.15) is 5.26 Å². The van der Waals surface area contributed by atoms with Crippen molar-refractivity contribution in [2.24, 2.45) is 11.3 Å². The Hall–Kier alpha value is -1.28. The largest absolute Gasteiger partial charge is 0.334 e. The van der Waals surface area contributed by atoms with E-state index in [-0.39, 0.29) is 11.4 Å². The quantitative estimate of drug-likeness (QED) is 0.578. The summed E-state index contributed by atoms with van der Waals surface area (Å²) in [6, 6.07) is 2.16. The molecule has 0 saturated carbocycles. The maximum absolute atomic E-state index is 11.6. The second-order valence-corrected chi connectivity index (χ2v) is 4.92. The van der Waals surface area contributed by atoms with E-state index in [1.807, 2.05) is 13.8 Å². The Bertz CT molecular complexity index is 295. The lowest BCUT2D eigenvalue weighted by atomic mass is 9.90. The van der Waals surface area contributed by atoms with E-state index in [1.54, 1.807) is 4.90 Å². The summed E-state index contributed by atoms with van der Waals surface area (Å²) >= 11 is 0. The van der Waals surface area contributed by atoms with E-state index in [0.717, 1.165) is 25.8 Å². The number of carbonyl (C=O) groups excluding carboxylic acids is 1. The molecule has 0 aliphatic carbocycles. The van der Waals surface area contributed by atoms with Crippen LogP contribution in [0.1, 0.15) is 33.1 Å². The molecule has 1 saturated heterocycles. The average molecular weight is 224 g/mol. The fraction of sp³-hybridized carbons (Fsp3) is 0.818. The van der Waals surface area contributed by atoms with Crippen LogP contribution in [0.15, 0.2) is 0 Å². The van der Waals surface area contributed by atoms with Gasteiger partial charge < -0.3 is 4.90 Å². The molecule has 0 spiro atoms. The molecule has 0 unspecified atom stereocenters. The van der Waals surface area contributed by atoms with Gasteiger partial charge in [0, 0.05) is 19.6 Å². The van der Waals surface area contributed by atoms with E-state index in [1.165, 1.54) is 5.01 Å². The predicted octanol–water partition coefficient (Wildman–Crippen LogP) is 1.32. The monoisotopic (exact) mass is 224 g/mol. The van der Waals surface area contributed by atoms with Crippen molar-refractivity contribution in [3.8, 4) is 6.07 Å². The zero-order valence-electron chi connectivity index (χ0n) is 10.1. The van der Waals surface area contributed by atoms with Crippen molar-refractivity contribution in [1.82, 2.24) is 9.91 Å². The molecule has 5 heteroatoms. The number of rotatable bonds is 4. The number of nitrogens with two attached hydrogens (primary N) is 1. The zero-order chi connectivity index (χ0) is 12.2. The lowest BCUT2D eigenvalue weighted by Gasteiger charge is -2.33. The Morgan fingerprint density at radius 1 is 1.50 bits per heavy atom. The third kappa shape index (κ3) is 3.38. The molecule has 0 aromatic rings. The second kappa shape index (κ2) is 5.17. The molecule has 16 heavy (non-hydrogen) atoms. The number of nitrogens with zero attached hydrogens (tertiary/aromatic N) is 3. The summed E-state index contributed by atoms with van der Waals surface area (Å²) in [5.41, 5.74) is -0.304. The molecule has 1 aliphatic rings. The topological polar surface area (TPSA) is 73.4 Å². The molecule has 0 aromatic heterocycles. The van der Waals surface area contributed by atoms with Crippen molar-refractivity contribution >= 4 is 6.03 Å². The van der Waals surface area contributed by atoms with Crippen LogP contribution in [0, 0.1) is 16.7 Å². The molecule has 1 aliphatic heterocycles. The van der Waals surface area contributed by atoms with E-state index in [9.17, 15) is 4.79 Å². The summed E-state index contributed by atoms with van der Waals surface area (Å²) < 4.78 is 0. The Morgan fingerprint density at radius 2 is 2.19 bits per heavy atom. The van der Waals surface area contributed by atoms with Gasteiger partial charge in [0.2, 0.25) is 0 Å². The number of hydrazine groups is 1. The van der Waals surface area contributed by atoms with Gasteiger partial charge in [-0.25, -0.2) is 10.6 Å². The fourth-order valence-electron chi connectivity index (χ4n) is 1.78. The molecule has 1 heterocycles. The molecule has 2 amide bonds. The first-order valence-corrected chi connectivity index (χ1v) is 5.69. The lowest BCUT2D eigenvalue weighted by molar-refractivity contribution is 0.128. The molecule has 0 radical (unpaired) electrons. The number of urea groups is 1. The van der Waals surface area contributed by atoms with Crippen molar-refractivity contribution < 1.29 is 4.79 Å². The van der Waals surface area contributed by atoms with Crippen LogP contribution in [0.5, 0.6) is 0 Å². The second-order valence-electron chi connectivity index (χ2n) is 4.92. The van der Waals surface area contributed by atoms with Gasteiger partial charge >= 0.3 is 6.03 Å². The highest BCUT2D eigenvalue weighted by Crippen LogP contribution is 2.21. The minimum Gasteiger partial charge on any atom is -0.323 e. The van der Waals surface area contributed by atoms with Gasteiger partial charge in [-0.1, -0.05) is 0 Å². The van der Waals surface area contributed by atoms with Crippen molar-refractivity contribution in [3.63, 3.8) is 0 Å². The molecule has 0 aromatic carbocycles. The fourth-order valence-corrected chi connectivity index (χ4v) is 1.78. The van der Waals surface area contributed by atoms with Crippen LogP contribution in [-0.2, 0) is 0 Å². The van der Waals surface area contributed by atoms with Crippen LogP contribution in [-0.4, -0.2) is 35.6 Å². The summed E-state index contributed by atoms with van der Waals surface area (Å²) in [7, 11) is 0. The van der Waals surface area contributed by atoms with Crippen molar-refractivity contribution in [3.05, 3.63) is 0 Å². The van der Waals surface area contributed by atoms with Crippen LogP contribution in [0.25, 0.3) is 0 Å². The van der Waals surface area contributed by atoms with E-state index in [2.05, 4.69) is 6.07 Å². The van der Waals surface area contributed by atoms with Crippen molar-refractivity contribution in [2.75, 3.05) is 19.6 Å². The van der Waals surface area contributed by atoms with Gasteiger partial charge in [-0.15, -0.1) is 0 Å². The van der Waals surface area contributed by atoms with Crippen LogP contribution >= 0.6 is 0 Å². The molecular weight excluding hydrogens is 204 g/mol. The minimum atomic E-state index is -0.304. The van der Waals surface area contributed by atoms with Crippen molar-refractivity contribution in [2.45, 2.75) is 33.1 Å². The minimum absolute atomic E-state index is 0.0963. The molecule has 1 fully saturated rings. The van der Waals surface area contributed by atoms with Crippen LogP contribution in [0.4, 0.5) is 4.79 Å². The van der Waals surface area contributed by atoms with Gasteiger partial charge in [0.1, 0.15) is 0 Å². The first kappa shape index (κ1) is 12.8. The first-order chi connectivity index (χ1) is 7.46. The molecule has 2 N–H and O–H groups in total. The summed E-state index contributed by atoms with van der Waals surface area (Å²) in [5.74, 6) is 5.54. The lowest BCUT2D eigenvalue weighted by Crippen LogP contribution is -2.52. The van der Waals surface area contributed by atoms with Gasteiger partial charge in [0.15, 0.2) is 0 Å². The number of nitriles is 1. The Labute approximate surface area is 96.8 Å². The van der Waals surface area contributed by atoms with E-state index < -0.39 is 0 Å². The molecule has 90 valence electrons. The van der Waals surface area contributed by atoms with E-state index in [4.69, 9.17) is 11.1 Å². The van der Waals surface area contributed by atoms with E-state index >= 15 is 0 Å². The highest BCUT2D eigenvalue weighted by Gasteiger charge is 2.24. The van der Waals surface area contributed by atoms with E-state index in [0.29, 0.717) is 13.1 Å². The highest BCUT2D eigenvalue weighted by molar-refractivity contribution is 5.74. The number of amides is 2. The molecule has 5 nitrogen and oxygen atoms in total. The SMILES string of the molecule is CC(C)(C#N)CCCN1CCCN(N)C1=O. The number of hydrogen-bond acceptors (Lipinski definition) is 3.